The molecule has 0 aliphatic rings. The van der Waals surface area contributed by atoms with Crippen molar-refractivity contribution < 1.29 is 0 Å². The van der Waals surface area contributed by atoms with Gasteiger partial charge in [0.05, 0.1) is 0 Å². The van der Waals surface area contributed by atoms with Crippen molar-refractivity contribution in [1.82, 2.24) is 0 Å². The van der Waals surface area contributed by atoms with Gasteiger partial charge in [-0.25, -0.2) is 0 Å². The van der Waals surface area contributed by atoms with Crippen LogP contribution in [0.3, 0.4) is 0 Å². The Hall–Kier alpha value is -0.630. The fraction of sp³-hybridized carbons (Fsp3) is 0.455. The molecule has 0 aliphatic heterocycles. The Balaban J connectivity index is 0.000000671. The van der Waals surface area contributed by atoms with E-state index in [0.717, 1.165) is 12.3 Å². The molecule has 0 amide bonds. The van der Waals surface area contributed by atoms with Crippen molar-refractivity contribution in [2.75, 3.05) is 17.6 Å². The van der Waals surface area contributed by atoms with Gasteiger partial charge in [-0.2, -0.15) is 12.6 Å². The second-order valence-corrected chi connectivity index (χ2v) is 2.97. The smallest absolute Gasteiger partial charge is 0.0343 e. The average molecular weight is 197 g/mol. The molecule has 0 fully saturated rings. The Labute approximate surface area is 87.0 Å². The summed E-state index contributed by atoms with van der Waals surface area (Å²) in [4.78, 5) is 0. The molecule has 74 valence electrons. The molecular formula is C11H19NS. The number of hydrogen-bond acceptors (Lipinski definition) is 2. The lowest BCUT2D eigenvalue weighted by Gasteiger charge is -2.03. The first-order valence-corrected chi connectivity index (χ1v) is 5.37. The molecule has 0 bridgehead atoms. The molecule has 0 unspecified atom stereocenters. The molecule has 0 spiro atoms. The third-order valence-corrected chi connectivity index (χ3v) is 1.68. The lowest BCUT2D eigenvalue weighted by atomic mass is 10.2. The van der Waals surface area contributed by atoms with Crippen LogP contribution in [-0.4, -0.2) is 12.3 Å². The molecular weight excluding hydrogens is 178 g/mol. The van der Waals surface area contributed by atoms with Gasteiger partial charge in [0.1, 0.15) is 0 Å². The van der Waals surface area contributed by atoms with Crippen LogP contribution >= 0.6 is 12.6 Å². The summed E-state index contributed by atoms with van der Waals surface area (Å²) in [5.74, 6) is 0.869. The predicted octanol–water partition coefficient (Wildman–Crippen LogP) is 3.36. The van der Waals surface area contributed by atoms with Crippen LogP contribution in [-0.2, 0) is 0 Å². The van der Waals surface area contributed by atoms with Gasteiger partial charge >= 0.3 is 0 Å². The summed E-state index contributed by atoms with van der Waals surface area (Å²) < 4.78 is 0. The second kappa shape index (κ2) is 7.99. The van der Waals surface area contributed by atoms with E-state index in [1.807, 2.05) is 13.8 Å². The topological polar surface area (TPSA) is 12.0 Å². The van der Waals surface area contributed by atoms with Crippen LogP contribution in [0.1, 0.15) is 19.4 Å². The highest BCUT2D eigenvalue weighted by molar-refractivity contribution is 7.80. The van der Waals surface area contributed by atoms with E-state index in [4.69, 9.17) is 0 Å². The van der Waals surface area contributed by atoms with E-state index in [0.29, 0.717) is 0 Å². The van der Waals surface area contributed by atoms with E-state index in [9.17, 15) is 0 Å². The monoisotopic (exact) mass is 197 g/mol. The lowest BCUT2D eigenvalue weighted by Crippen LogP contribution is -2.01. The van der Waals surface area contributed by atoms with Gasteiger partial charge in [-0.1, -0.05) is 26.0 Å². The average Bonchev–Trinajstić information content (AvgIpc) is 2.18. The summed E-state index contributed by atoms with van der Waals surface area (Å²) in [6.07, 6.45) is 0. The minimum atomic E-state index is 0.869. The number of thiol groups is 1. The van der Waals surface area contributed by atoms with Crippen LogP contribution in [0.25, 0.3) is 0 Å². The van der Waals surface area contributed by atoms with Gasteiger partial charge < -0.3 is 5.32 Å². The maximum absolute atomic E-state index is 4.11. The standard InChI is InChI=1S/C9H13NS.C2H6/c1-8-3-2-4-9(7-8)10-5-6-11;1-2/h2-4,7,10-11H,5-6H2,1H3;1-2H3. The maximum atomic E-state index is 4.11. The molecule has 2 heteroatoms. The largest absolute Gasteiger partial charge is 0.384 e. The summed E-state index contributed by atoms with van der Waals surface area (Å²) in [6.45, 7) is 7.01. The SMILES string of the molecule is CC.Cc1cccc(NCCS)c1. The highest BCUT2D eigenvalue weighted by Crippen LogP contribution is 2.08. The van der Waals surface area contributed by atoms with Gasteiger partial charge in [0.15, 0.2) is 0 Å². The van der Waals surface area contributed by atoms with Crippen LogP contribution in [0, 0.1) is 6.92 Å². The van der Waals surface area contributed by atoms with Crippen molar-refractivity contribution in [2.45, 2.75) is 20.8 Å². The number of nitrogens with one attached hydrogen (secondary N) is 1. The van der Waals surface area contributed by atoms with Crippen LogP contribution in [0.4, 0.5) is 5.69 Å². The van der Waals surface area contributed by atoms with Crippen molar-refractivity contribution in [2.24, 2.45) is 0 Å². The van der Waals surface area contributed by atoms with E-state index in [1.165, 1.54) is 11.3 Å². The van der Waals surface area contributed by atoms with Gasteiger partial charge in [0, 0.05) is 18.0 Å². The normalized spacial score (nSPS) is 8.62. The third-order valence-electron chi connectivity index (χ3n) is 1.46. The molecule has 0 saturated heterocycles. The third kappa shape index (κ3) is 5.58. The first-order valence-electron chi connectivity index (χ1n) is 4.74. The molecule has 1 N–H and O–H groups in total. The van der Waals surface area contributed by atoms with Crippen molar-refractivity contribution in [1.29, 1.82) is 0 Å². The van der Waals surface area contributed by atoms with Gasteiger partial charge in [0.25, 0.3) is 0 Å². The number of aryl methyl sites for hydroxylation is 1. The molecule has 0 radical (unpaired) electrons. The molecule has 1 nitrogen and oxygen atoms in total. The van der Waals surface area contributed by atoms with Crippen molar-refractivity contribution in [3.63, 3.8) is 0 Å². The number of anilines is 1. The van der Waals surface area contributed by atoms with Gasteiger partial charge in [-0.05, 0) is 24.6 Å². The summed E-state index contributed by atoms with van der Waals surface area (Å²) in [5, 5.41) is 3.26. The fourth-order valence-electron chi connectivity index (χ4n) is 0.955. The minimum absolute atomic E-state index is 0.869. The molecule has 0 heterocycles. The quantitative estimate of drug-likeness (QED) is 0.708. The summed E-state index contributed by atoms with van der Waals surface area (Å²) >= 11 is 4.11. The summed E-state index contributed by atoms with van der Waals surface area (Å²) in [7, 11) is 0. The Bertz CT molecular complexity index is 223. The number of benzene rings is 1. The molecule has 0 atom stereocenters. The first kappa shape index (κ1) is 12.4. The molecule has 0 aliphatic carbocycles. The Kier molecular flexibility index (Phi) is 7.60. The van der Waals surface area contributed by atoms with Crippen LogP contribution in [0.2, 0.25) is 0 Å². The zero-order valence-corrected chi connectivity index (χ0v) is 9.57. The van der Waals surface area contributed by atoms with Crippen molar-refractivity contribution in [3.05, 3.63) is 29.8 Å². The van der Waals surface area contributed by atoms with E-state index >= 15 is 0 Å². The Morgan fingerprint density at radius 3 is 2.54 bits per heavy atom. The van der Waals surface area contributed by atoms with Crippen molar-refractivity contribution in [3.8, 4) is 0 Å². The summed E-state index contributed by atoms with van der Waals surface area (Å²) in [6, 6.07) is 8.34. The highest BCUT2D eigenvalue weighted by Gasteiger charge is 1.88. The molecule has 1 aromatic carbocycles. The molecule has 0 saturated carbocycles. The number of hydrogen-bond donors (Lipinski definition) is 2. The summed E-state index contributed by atoms with van der Waals surface area (Å²) in [5.41, 5.74) is 2.47. The predicted molar refractivity (Wildman–Crippen MR) is 64.9 cm³/mol. The molecule has 13 heavy (non-hydrogen) atoms. The van der Waals surface area contributed by atoms with Gasteiger partial charge in [-0.15, -0.1) is 0 Å². The zero-order valence-electron chi connectivity index (χ0n) is 8.67. The van der Waals surface area contributed by atoms with Crippen LogP contribution in [0.5, 0.6) is 0 Å². The first-order chi connectivity index (χ1) is 6.33. The molecule has 1 aromatic rings. The van der Waals surface area contributed by atoms with Gasteiger partial charge in [-0.3, -0.25) is 0 Å². The zero-order chi connectivity index (χ0) is 10.1. The highest BCUT2D eigenvalue weighted by atomic mass is 32.1. The van der Waals surface area contributed by atoms with E-state index in [-0.39, 0.29) is 0 Å². The number of rotatable bonds is 3. The van der Waals surface area contributed by atoms with Crippen molar-refractivity contribution >= 4 is 18.3 Å². The minimum Gasteiger partial charge on any atom is -0.384 e. The molecule has 1 rings (SSSR count). The lowest BCUT2D eigenvalue weighted by molar-refractivity contribution is 1.23. The Morgan fingerprint density at radius 1 is 1.31 bits per heavy atom. The van der Waals surface area contributed by atoms with E-state index in [1.54, 1.807) is 0 Å². The van der Waals surface area contributed by atoms with Gasteiger partial charge in [0.2, 0.25) is 0 Å². The van der Waals surface area contributed by atoms with E-state index in [2.05, 4.69) is 49.1 Å². The fourth-order valence-corrected chi connectivity index (χ4v) is 1.07. The Morgan fingerprint density at radius 2 is 2.00 bits per heavy atom. The molecule has 0 aromatic heterocycles. The van der Waals surface area contributed by atoms with Crippen LogP contribution < -0.4 is 5.32 Å². The second-order valence-electron chi connectivity index (χ2n) is 2.52. The van der Waals surface area contributed by atoms with E-state index < -0.39 is 0 Å². The van der Waals surface area contributed by atoms with Crippen LogP contribution in [0.15, 0.2) is 24.3 Å². The maximum Gasteiger partial charge on any atom is 0.0343 e.